The Balaban J connectivity index is 1.67. The van der Waals surface area contributed by atoms with Gasteiger partial charge in [-0.15, -0.1) is 0 Å². The molecule has 0 spiro atoms. The molecule has 4 rings (SSSR count). The molecule has 0 aromatic heterocycles. The minimum Gasteiger partial charge on any atom is -0.396 e. The SMILES string of the molecule is O=C(CCO)N1C[C@H]2CC[C@@H]1CN(Cc1ccccc1)C2. The van der Waals surface area contributed by atoms with Crippen molar-refractivity contribution in [2.75, 3.05) is 26.2 Å². The summed E-state index contributed by atoms with van der Waals surface area (Å²) in [5.41, 5.74) is 1.34. The Morgan fingerprint density at radius 3 is 2.71 bits per heavy atom. The Kier molecular flexibility index (Phi) is 4.56. The highest BCUT2D eigenvalue weighted by atomic mass is 16.3. The van der Waals surface area contributed by atoms with Crippen molar-refractivity contribution in [2.45, 2.75) is 31.8 Å². The number of amides is 1. The van der Waals surface area contributed by atoms with Crippen molar-refractivity contribution < 1.29 is 9.90 Å². The number of aliphatic hydroxyl groups excluding tert-OH is 1. The third-order valence-electron chi connectivity index (χ3n) is 4.68. The Bertz CT molecular complexity index is 477. The van der Waals surface area contributed by atoms with Gasteiger partial charge in [0, 0.05) is 38.6 Å². The second kappa shape index (κ2) is 6.58. The summed E-state index contributed by atoms with van der Waals surface area (Å²) in [4.78, 5) is 16.7. The Morgan fingerprint density at radius 2 is 1.95 bits per heavy atom. The van der Waals surface area contributed by atoms with Crippen LogP contribution in [0.15, 0.2) is 30.3 Å². The van der Waals surface area contributed by atoms with Crippen molar-refractivity contribution in [3.05, 3.63) is 35.9 Å². The van der Waals surface area contributed by atoms with Crippen LogP contribution >= 0.6 is 0 Å². The van der Waals surface area contributed by atoms with Gasteiger partial charge in [0.2, 0.25) is 5.91 Å². The third-order valence-corrected chi connectivity index (χ3v) is 4.68. The van der Waals surface area contributed by atoms with Crippen LogP contribution in [-0.4, -0.2) is 53.1 Å². The number of hydrogen-bond acceptors (Lipinski definition) is 3. The van der Waals surface area contributed by atoms with Crippen molar-refractivity contribution in [1.82, 2.24) is 9.80 Å². The lowest BCUT2D eigenvalue weighted by molar-refractivity contribution is -0.135. The fraction of sp³-hybridized carbons (Fsp3) is 0.588. The molecule has 3 aliphatic rings. The topological polar surface area (TPSA) is 43.8 Å². The molecule has 0 unspecified atom stereocenters. The Hall–Kier alpha value is -1.39. The lowest BCUT2D eigenvalue weighted by Crippen LogP contribution is -2.47. The van der Waals surface area contributed by atoms with E-state index < -0.39 is 0 Å². The van der Waals surface area contributed by atoms with Gasteiger partial charge in [-0.3, -0.25) is 9.69 Å². The number of piperidine rings is 1. The summed E-state index contributed by atoms with van der Waals surface area (Å²) in [6, 6.07) is 10.9. The maximum absolute atomic E-state index is 12.2. The zero-order valence-corrected chi connectivity index (χ0v) is 12.4. The molecule has 0 aliphatic carbocycles. The molecule has 1 N–H and O–H groups in total. The van der Waals surface area contributed by atoms with E-state index in [4.69, 9.17) is 5.11 Å². The molecule has 0 saturated carbocycles. The Morgan fingerprint density at radius 1 is 1.14 bits per heavy atom. The van der Waals surface area contributed by atoms with Crippen LogP contribution in [0, 0.1) is 5.92 Å². The van der Waals surface area contributed by atoms with Gasteiger partial charge in [-0.25, -0.2) is 0 Å². The molecular weight excluding hydrogens is 264 g/mol. The molecule has 1 aromatic rings. The highest BCUT2D eigenvalue weighted by Crippen LogP contribution is 2.29. The summed E-state index contributed by atoms with van der Waals surface area (Å²) in [7, 11) is 0. The number of benzene rings is 1. The third kappa shape index (κ3) is 3.44. The zero-order valence-electron chi connectivity index (χ0n) is 12.4. The zero-order chi connectivity index (χ0) is 14.7. The van der Waals surface area contributed by atoms with E-state index in [1.807, 2.05) is 11.0 Å². The first-order chi connectivity index (χ1) is 10.3. The van der Waals surface area contributed by atoms with Crippen molar-refractivity contribution in [2.24, 2.45) is 5.92 Å². The number of rotatable bonds is 4. The molecule has 1 amide bonds. The van der Waals surface area contributed by atoms with Crippen molar-refractivity contribution in [3.63, 3.8) is 0 Å². The molecular formula is C17H24N2O2. The summed E-state index contributed by atoms with van der Waals surface area (Å²) in [5, 5.41) is 9.00. The van der Waals surface area contributed by atoms with E-state index in [2.05, 4.69) is 29.2 Å². The molecule has 3 saturated heterocycles. The van der Waals surface area contributed by atoms with Crippen molar-refractivity contribution in [3.8, 4) is 0 Å². The molecule has 3 aliphatic heterocycles. The van der Waals surface area contributed by atoms with Gasteiger partial charge < -0.3 is 10.0 Å². The van der Waals surface area contributed by atoms with Crippen LogP contribution in [0.1, 0.15) is 24.8 Å². The maximum atomic E-state index is 12.2. The molecule has 0 radical (unpaired) electrons. The van der Waals surface area contributed by atoms with E-state index in [0.717, 1.165) is 32.6 Å². The number of carbonyl (C=O) groups is 1. The van der Waals surface area contributed by atoms with Crippen LogP contribution in [0.2, 0.25) is 0 Å². The van der Waals surface area contributed by atoms with Gasteiger partial charge in [0.25, 0.3) is 0 Å². The number of carbonyl (C=O) groups excluding carboxylic acids is 1. The van der Waals surface area contributed by atoms with Crippen LogP contribution < -0.4 is 0 Å². The lowest BCUT2D eigenvalue weighted by Gasteiger charge is -2.36. The number of fused-ring (bicyclic) bond motifs is 4. The molecule has 3 heterocycles. The maximum Gasteiger partial charge on any atom is 0.225 e. The fourth-order valence-corrected chi connectivity index (χ4v) is 3.69. The summed E-state index contributed by atoms with van der Waals surface area (Å²) in [6.45, 7) is 3.84. The first-order valence-corrected chi connectivity index (χ1v) is 7.93. The van der Waals surface area contributed by atoms with Crippen LogP contribution in [0.4, 0.5) is 0 Å². The van der Waals surface area contributed by atoms with Crippen molar-refractivity contribution in [1.29, 1.82) is 0 Å². The largest absolute Gasteiger partial charge is 0.396 e. The second-order valence-electron chi connectivity index (χ2n) is 6.30. The van der Waals surface area contributed by atoms with Gasteiger partial charge in [0.05, 0.1) is 6.61 Å². The molecule has 2 atom stereocenters. The first kappa shape index (κ1) is 14.5. The van der Waals surface area contributed by atoms with Gasteiger partial charge in [-0.2, -0.15) is 0 Å². The summed E-state index contributed by atoms with van der Waals surface area (Å²) < 4.78 is 0. The quantitative estimate of drug-likeness (QED) is 0.913. The predicted octanol–water partition coefficient (Wildman–Crippen LogP) is 1.49. The highest BCUT2D eigenvalue weighted by molar-refractivity contribution is 5.76. The first-order valence-electron chi connectivity index (χ1n) is 7.93. The van der Waals surface area contributed by atoms with Crippen molar-refractivity contribution >= 4 is 5.91 Å². The average Bonchev–Trinajstić information content (AvgIpc) is 2.79. The molecule has 4 nitrogen and oxygen atoms in total. The molecule has 3 fully saturated rings. The van der Waals surface area contributed by atoms with Gasteiger partial charge >= 0.3 is 0 Å². The van der Waals surface area contributed by atoms with Crippen LogP contribution in [0.25, 0.3) is 0 Å². The van der Waals surface area contributed by atoms with E-state index >= 15 is 0 Å². The highest BCUT2D eigenvalue weighted by Gasteiger charge is 2.36. The molecule has 1 aromatic carbocycles. The van der Waals surface area contributed by atoms with Crippen LogP contribution in [0.3, 0.4) is 0 Å². The monoisotopic (exact) mass is 288 g/mol. The molecule has 114 valence electrons. The number of nitrogens with zero attached hydrogens (tertiary/aromatic N) is 2. The molecule has 2 bridgehead atoms. The van der Waals surface area contributed by atoms with E-state index in [1.54, 1.807) is 0 Å². The molecule has 4 heteroatoms. The minimum absolute atomic E-state index is 0.0412. The van der Waals surface area contributed by atoms with Gasteiger partial charge in [-0.1, -0.05) is 30.3 Å². The fourth-order valence-electron chi connectivity index (χ4n) is 3.69. The normalized spacial score (nSPS) is 25.9. The number of aliphatic hydroxyl groups is 1. The van der Waals surface area contributed by atoms with E-state index in [-0.39, 0.29) is 18.9 Å². The summed E-state index contributed by atoms with van der Waals surface area (Å²) in [6.07, 6.45) is 2.59. The smallest absolute Gasteiger partial charge is 0.225 e. The lowest BCUT2D eigenvalue weighted by atomic mass is 9.95. The summed E-state index contributed by atoms with van der Waals surface area (Å²) in [5.74, 6) is 0.698. The second-order valence-corrected chi connectivity index (χ2v) is 6.30. The Labute approximate surface area is 126 Å². The average molecular weight is 288 g/mol. The van der Waals surface area contributed by atoms with Crippen LogP contribution in [-0.2, 0) is 11.3 Å². The van der Waals surface area contributed by atoms with Crippen LogP contribution in [0.5, 0.6) is 0 Å². The minimum atomic E-state index is -0.0412. The summed E-state index contributed by atoms with van der Waals surface area (Å²) >= 11 is 0. The standard InChI is InChI=1S/C17H24N2O2/c20-9-8-17(21)19-12-15-6-7-16(19)13-18(11-15)10-14-4-2-1-3-5-14/h1-5,15-16,20H,6-13H2/t15-,16+/m0/s1. The van der Waals surface area contributed by atoms with E-state index in [1.165, 1.54) is 12.0 Å². The molecule has 21 heavy (non-hydrogen) atoms. The predicted molar refractivity (Wildman–Crippen MR) is 81.6 cm³/mol. The van der Waals surface area contributed by atoms with Gasteiger partial charge in [-0.05, 0) is 24.3 Å². The van der Waals surface area contributed by atoms with E-state index in [0.29, 0.717) is 12.0 Å². The van der Waals surface area contributed by atoms with Gasteiger partial charge in [0.15, 0.2) is 0 Å². The number of hydrogen-bond donors (Lipinski definition) is 1. The van der Waals surface area contributed by atoms with E-state index in [9.17, 15) is 4.79 Å². The van der Waals surface area contributed by atoms with Gasteiger partial charge in [0.1, 0.15) is 0 Å².